The molecule has 5 rings (SSSR count). The van der Waals surface area contributed by atoms with Gasteiger partial charge in [-0.15, -0.1) is 0 Å². The molecule has 0 saturated carbocycles. The molecule has 4 aromatic carbocycles. The zero-order valence-electron chi connectivity index (χ0n) is 21.7. The van der Waals surface area contributed by atoms with Crippen LogP contribution in [0.3, 0.4) is 0 Å². The highest BCUT2D eigenvalue weighted by molar-refractivity contribution is 6.36. The maximum atomic E-state index is 13.2. The summed E-state index contributed by atoms with van der Waals surface area (Å²) in [6.07, 6.45) is -3.44. The molecule has 0 radical (unpaired) electrons. The smallest absolute Gasteiger partial charge is 0.416 e. The summed E-state index contributed by atoms with van der Waals surface area (Å²) in [4.78, 5) is 20.1. The van der Waals surface area contributed by atoms with Crippen molar-refractivity contribution < 1.29 is 22.7 Å². The number of hydrogen-bond donors (Lipinski definition) is 1. The maximum Gasteiger partial charge on any atom is 0.416 e. The van der Waals surface area contributed by atoms with E-state index in [9.17, 15) is 18.0 Å². The van der Waals surface area contributed by atoms with Gasteiger partial charge in [-0.25, -0.2) is 9.78 Å². The fraction of sp³-hybridized carbons (Fsp3) is 0.125. The van der Waals surface area contributed by atoms with E-state index in [2.05, 4.69) is 4.98 Å². The van der Waals surface area contributed by atoms with Crippen LogP contribution in [0.5, 0.6) is 0 Å². The molecule has 1 heterocycles. The Morgan fingerprint density at radius 1 is 0.854 bits per heavy atom. The fourth-order valence-corrected chi connectivity index (χ4v) is 5.04. The number of carbonyl (C=O) groups excluding carboxylic acids is 1. The molecule has 0 spiro atoms. The number of nitrogens with zero attached hydrogens (tertiary/aromatic N) is 1. The molecule has 0 unspecified atom stereocenters. The van der Waals surface area contributed by atoms with E-state index in [0.29, 0.717) is 51.1 Å². The van der Waals surface area contributed by atoms with Crippen LogP contribution in [-0.4, -0.2) is 23.0 Å². The molecular weight excluding hydrogens is 572 g/mol. The number of ether oxygens (including phenoxy) is 1. The summed E-state index contributed by atoms with van der Waals surface area (Å²) in [6.45, 7) is 0. The van der Waals surface area contributed by atoms with Crippen LogP contribution in [0.2, 0.25) is 10.0 Å². The van der Waals surface area contributed by atoms with Crippen molar-refractivity contribution >= 4 is 29.2 Å². The highest BCUT2D eigenvalue weighted by Crippen LogP contribution is 2.34. The van der Waals surface area contributed by atoms with Crippen LogP contribution in [-0.2, 0) is 23.8 Å². The number of halogens is 5. The predicted molar refractivity (Wildman–Crippen MR) is 154 cm³/mol. The highest BCUT2D eigenvalue weighted by Gasteiger charge is 2.30. The van der Waals surface area contributed by atoms with Gasteiger partial charge < -0.3 is 9.72 Å². The summed E-state index contributed by atoms with van der Waals surface area (Å²) in [5, 5.41) is 0.971. The Kier molecular flexibility index (Phi) is 8.20. The van der Waals surface area contributed by atoms with E-state index in [0.717, 1.165) is 34.5 Å². The van der Waals surface area contributed by atoms with Crippen molar-refractivity contribution in [3.63, 3.8) is 0 Å². The fourth-order valence-electron chi connectivity index (χ4n) is 4.54. The van der Waals surface area contributed by atoms with Gasteiger partial charge in [0.05, 0.1) is 29.0 Å². The minimum Gasteiger partial charge on any atom is -0.465 e. The average Bonchev–Trinajstić information content (AvgIpc) is 3.34. The van der Waals surface area contributed by atoms with Gasteiger partial charge in [0.15, 0.2) is 0 Å². The first-order chi connectivity index (χ1) is 19.6. The molecule has 0 bridgehead atoms. The standard InChI is InChI=1S/C32H23Cl2F3N2O2/c1-41-31(40)22-11-7-19(8-12-22)15-28-30(26-14-13-25(33)18-27(26)34)39-29(38-28)16-20-5-9-21(10-6-20)23-3-2-4-24(17-23)32(35,36)37/h2-14,17-18H,15-16H2,1H3,(H,38,39). The number of rotatable bonds is 7. The molecule has 0 fully saturated rings. The summed E-state index contributed by atoms with van der Waals surface area (Å²) < 4.78 is 44.2. The third kappa shape index (κ3) is 6.64. The van der Waals surface area contributed by atoms with E-state index in [-0.39, 0.29) is 0 Å². The van der Waals surface area contributed by atoms with Crippen LogP contribution in [0.4, 0.5) is 13.2 Å². The zero-order valence-corrected chi connectivity index (χ0v) is 23.2. The third-order valence-corrected chi connectivity index (χ3v) is 7.17. The quantitative estimate of drug-likeness (QED) is 0.191. The van der Waals surface area contributed by atoms with E-state index < -0.39 is 17.7 Å². The molecular formula is C32H23Cl2F3N2O2. The largest absolute Gasteiger partial charge is 0.465 e. The van der Waals surface area contributed by atoms with Gasteiger partial charge in [0.1, 0.15) is 5.82 Å². The zero-order chi connectivity index (χ0) is 29.1. The first-order valence-corrected chi connectivity index (χ1v) is 13.3. The minimum absolute atomic E-state index is 0.409. The Labute approximate surface area is 244 Å². The Hall–Kier alpha value is -4.07. The van der Waals surface area contributed by atoms with E-state index in [1.807, 2.05) is 30.3 Å². The lowest BCUT2D eigenvalue weighted by Crippen LogP contribution is -2.04. The van der Waals surface area contributed by atoms with Gasteiger partial charge in [-0.3, -0.25) is 0 Å². The van der Waals surface area contributed by atoms with Crippen molar-refractivity contribution in [3.8, 4) is 22.4 Å². The SMILES string of the molecule is COC(=O)c1ccc(Cc2[nH]c(Cc3ccc(-c4cccc(C(F)(F)F)c4)cc3)nc2-c2ccc(Cl)cc2Cl)cc1. The molecule has 0 amide bonds. The number of imidazole rings is 1. The van der Waals surface area contributed by atoms with E-state index in [1.165, 1.54) is 13.2 Å². The topological polar surface area (TPSA) is 55.0 Å². The maximum absolute atomic E-state index is 13.2. The number of methoxy groups -OCH3 is 1. The normalized spacial score (nSPS) is 11.5. The van der Waals surface area contributed by atoms with Gasteiger partial charge in [-0.2, -0.15) is 13.2 Å². The summed E-state index contributed by atoms with van der Waals surface area (Å²) in [6, 6.07) is 25.0. The van der Waals surface area contributed by atoms with Gasteiger partial charge in [0.2, 0.25) is 0 Å². The minimum atomic E-state index is -4.40. The lowest BCUT2D eigenvalue weighted by Gasteiger charge is -2.09. The molecule has 0 aliphatic heterocycles. The molecule has 0 aliphatic carbocycles. The summed E-state index contributed by atoms with van der Waals surface area (Å²) in [5.74, 6) is 0.284. The second-order valence-corrected chi connectivity index (χ2v) is 10.3. The number of nitrogens with one attached hydrogen (secondary N) is 1. The monoisotopic (exact) mass is 594 g/mol. The van der Waals surface area contributed by atoms with Gasteiger partial charge in [-0.1, -0.05) is 71.7 Å². The van der Waals surface area contributed by atoms with Crippen molar-refractivity contribution in [1.82, 2.24) is 9.97 Å². The molecule has 1 aromatic heterocycles. The highest BCUT2D eigenvalue weighted by atomic mass is 35.5. The number of aromatic amines is 1. The Balaban J connectivity index is 1.43. The van der Waals surface area contributed by atoms with Crippen LogP contribution >= 0.6 is 23.2 Å². The van der Waals surface area contributed by atoms with E-state index >= 15 is 0 Å². The second kappa shape index (κ2) is 11.8. The Morgan fingerprint density at radius 3 is 2.20 bits per heavy atom. The summed E-state index contributed by atoms with van der Waals surface area (Å²) in [5.41, 5.74) is 5.05. The second-order valence-electron chi connectivity index (χ2n) is 9.45. The number of esters is 1. The van der Waals surface area contributed by atoms with E-state index in [1.54, 1.807) is 42.5 Å². The Bertz CT molecular complexity index is 1700. The van der Waals surface area contributed by atoms with Crippen LogP contribution in [0.15, 0.2) is 91.0 Å². The molecule has 0 saturated heterocycles. The lowest BCUT2D eigenvalue weighted by molar-refractivity contribution is -0.137. The molecule has 41 heavy (non-hydrogen) atoms. The molecule has 0 aliphatic rings. The van der Waals surface area contributed by atoms with Gasteiger partial charge in [-0.05, 0) is 64.7 Å². The number of alkyl halides is 3. The van der Waals surface area contributed by atoms with Crippen LogP contribution in [0.1, 0.15) is 38.6 Å². The molecule has 208 valence electrons. The van der Waals surface area contributed by atoms with Crippen molar-refractivity contribution in [2.75, 3.05) is 7.11 Å². The average molecular weight is 595 g/mol. The molecule has 4 nitrogen and oxygen atoms in total. The van der Waals surface area contributed by atoms with Gasteiger partial charge in [0, 0.05) is 29.1 Å². The number of benzene rings is 4. The van der Waals surface area contributed by atoms with Crippen molar-refractivity contribution in [2.24, 2.45) is 0 Å². The van der Waals surface area contributed by atoms with Crippen molar-refractivity contribution in [3.05, 3.63) is 135 Å². The molecule has 0 atom stereocenters. The van der Waals surface area contributed by atoms with Gasteiger partial charge >= 0.3 is 12.1 Å². The summed E-state index contributed by atoms with van der Waals surface area (Å²) in [7, 11) is 1.34. The van der Waals surface area contributed by atoms with Crippen LogP contribution < -0.4 is 0 Å². The van der Waals surface area contributed by atoms with Gasteiger partial charge in [0.25, 0.3) is 0 Å². The Morgan fingerprint density at radius 2 is 1.54 bits per heavy atom. The predicted octanol–water partition coefficient (Wildman–Crippen LogP) is 9.04. The molecule has 1 N–H and O–H groups in total. The number of hydrogen-bond acceptors (Lipinski definition) is 3. The number of aromatic nitrogens is 2. The first-order valence-electron chi connectivity index (χ1n) is 12.6. The molecule has 5 aromatic rings. The summed E-state index contributed by atoms with van der Waals surface area (Å²) >= 11 is 12.7. The van der Waals surface area contributed by atoms with E-state index in [4.69, 9.17) is 32.9 Å². The molecule has 9 heteroatoms. The lowest BCUT2D eigenvalue weighted by atomic mass is 10.0. The first kappa shape index (κ1) is 28.5. The third-order valence-electron chi connectivity index (χ3n) is 6.62. The van der Waals surface area contributed by atoms with Crippen LogP contribution in [0, 0.1) is 0 Å². The number of carbonyl (C=O) groups is 1. The van der Waals surface area contributed by atoms with Crippen molar-refractivity contribution in [2.45, 2.75) is 19.0 Å². The van der Waals surface area contributed by atoms with Crippen molar-refractivity contribution in [1.29, 1.82) is 0 Å². The number of H-pyrrole nitrogens is 1. The van der Waals surface area contributed by atoms with Crippen LogP contribution in [0.25, 0.3) is 22.4 Å².